The lowest BCUT2D eigenvalue weighted by Crippen LogP contribution is -2.43. The summed E-state index contributed by atoms with van der Waals surface area (Å²) < 4.78 is 1.27. The molecule has 7 heteroatoms. The Morgan fingerprint density at radius 2 is 2.04 bits per heavy atom. The van der Waals surface area contributed by atoms with Crippen molar-refractivity contribution in [3.8, 4) is 0 Å². The van der Waals surface area contributed by atoms with Crippen molar-refractivity contribution in [2.45, 2.75) is 46.6 Å². The van der Waals surface area contributed by atoms with Crippen molar-refractivity contribution >= 4 is 17.5 Å². The summed E-state index contributed by atoms with van der Waals surface area (Å²) in [4.78, 5) is 40.4. The van der Waals surface area contributed by atoms with Crippen molar-refractivity contribution in [3.05, 3.63) is 46.0 Å². The first-order chi connectivity index (χ1) is 11.6. The summed E-state index contributed by atoms with van der Waals surface area (Å²) in [5, 5.41) is 11.8. The Morgan fingerprint density at radius 1 is 1.36 bits per heavy atom. The molecule has 1 unspecified atom stereocenters. The van der Waals surface area contributed by atoms with Crippen LogP contribution in [0.1, 0.15) is 49.5 Å². The fourth-order valence-corrected chi connectivity index (χ4v) is 2.40. The average Bonchev–Trinajstić information content (AvgIpc) is 2.50. The second-order valence-electron chi connectivity index (χ2n) is 7.37. The lowest BCUT2D eigenvalue weighted by atomic mass is 9.88. The van der Waals surface area contributed by atoms with Gasteiger partial charge in [-0.2, -0.15) is 0 Å². The number of pyridine rings is 1. The highest BCUT2D eigenvalue weighted by Gasteiger charge is 2.24. The van der Waals surface area contributed by atoms with Gasteiger partial charge in [-0.1, -0.05) is 20.8 Å². The number of fused-ring (bicyclic) bond motifs is 1. The lowest BCUT2D eigenvalue weighted by Gasteiger charge is -2.21. The molecule has 2 heterocycles. The molecule has 1 amide bonds. The molecule has 0 bridgehead atoms. The number of nitrogens with one attached hydrogen (secondary N) is 1. The number of carboxylic acids is 1. The van der Waals surface area contributed by atoms with Crippen molar-refractivity contribution < 1.29 is 14.7 Å². The van der Waals surface area contributed by atoms with Crippen molar-refractivity contribution in [2.75, 3.05) is 0 Å². The number of hydrogen-bond acceptors (Lipinski definition) is 4. The van der Waals surface area contributed by atoms with Gasteiger partial charge >= 0.3 is 5.97 Å². The summed E-state index contributed by atoms with van der Waals surface area (Å²) in [6.07, 6.45) is 3.64. The summed E-state index contributed by atoms with van der Waals surface area (Å²) in [7, 11) is 0. The molecule has 0 radical (unpaired) electrons. The second kappa shape index (κ2) is 7.04. The third-order valence-corrected chi connectivity index (χ3v) is 3.90. The van der Waals surface area contributed by atoms with E-state index in [1.807, 2.05) is 27.7 Å². The largest absolute Gasteiger partial charge is 0.480 e. The minimum absolute atomic E-state index is 0.0552. The molecule has 0 saturated carbocycles. The van der Waals surface area contributed by atoms with Crippen LogP contribution in [0.15, 0.2) is 29.3 Å². The van der Waals surface area contributed by atoms with E-state index in [4.69, 9.17) is 0 Å². The van der Waals surface area contributed by atoms with Gasteiger partial charge in [-0.05, 0) is 42.9 Å². The van der Waals surface area contributed by atoms with Crippen LogP contribution in [0.25, 0.3) is 5.65 Å². The molecule has 1 atom stereocenters. The highest BCUT2D eigenvalue weighted by molar-refractivity contribution is 5.96. The molecule has 0 fully saturated rings. The smallest absolute Gasteiger partial charge is 0.326 e. The van der Waals surface area contributed by atoms with Crippen molar-refractivity contribution in [1.29, 1.82) is 0 Å². The SMILES string of the molecule is Cc1ccn2c(=O)c(C(=O)NC(CCC(C)(C)C)C(=O)O)cnc2c1. The van der Waals surface area contributed by atoms with E-state index in [0.29, 0.717) is 12.1 Å². The van der Waals surface area contributed by atoms with Gasteiger partial charge in [0.15, 0.2) is 0 Å². The molecular weight excluding hydrogens is 322 g/mol. The lowest BCUT2D eigenvalue weighted by molar-refractivity contribution is -0.139. The number of rotatable bonds is 5. The van der Waals surface area contributed by atoms with Crippen LogP contribution in [0.4, 0.5) is 0 Å². The zero-order chi connectivity index (χ0) is 18.8. The molecule has 0 aliphatic rings. The Balaban J connectivity index is 2.25. The first-order valence-corrected chi connectivity index (χ1v) is 8.10. The summed E-state index contributed by atoms with van der Waals surface area (Å²) in [6.45, 7) is 7.86. The van der Waals surface area contributed by atoms with E-state index >= 15 is 0 Å². The Hall–Kier alpha value is -2.70. The predicted molar refractivity (Wildman–Crippen MR) is 93.8 cm³/mol. The van der Waals surface area contributed by atoms with Gasteiger partial charge in [0.2, 0.25) is 0 Å². The number of aryl methyl sites for hydroxylation is 1. The van der Waals surface area contributed by atoms with Crippen LogP contribution in [0.2, 0.25) is 0 Å². The molecule has 0 aromatic carbocycles. The zero-order valence-electron chi connectivity index (χ0n) is 14.9. The maximum Gasteiger partial charge on any atom is 0.326 e. The monoisotopic (exact) mass is 345 g/mol. The van der Waals surface area contributed by atoms with Crippen LogP contribution in [-0.4, -0.2) is 32.4 Å². The van der Waals surface area contributed by atoms with Crippen LogP contribution in [0.5, 0.6) is 0 Å². The maximum absolute atomic E-state index is 12.5. The molecule has 2 aromatic heterocycles. The fraction of sp³-hybridized carbons (Fsp3) is 0.444. The highest BCUT2D eigenvalue weighted by Crippen LogP contribution is 2.21. The van der Waals surface area contributed by atoms with Gasteiger partial charge in [0.25, 0.3) is 11.5 Å². The molecule has 2 aromatic rings. The summed E-state index contributed by atoms with van der Waals surface area (Å²) in [5.41, 5.74) is 0.618. The first kappa shape index (κ1) is 18.6. The van der Waals surface area contributed by atoms with E-state index in [0.717, 1.165) is 5.56 Å². The van der Waals surface area contributed by atoms with E-state index < -0.39 is 23.5 Å². The van der Waals surface area contributed by atoms with Crippen LogP contribution < -0.4 is 10.9 Å². The molecule has 0 aliphatic heterocycles. The number of carboxylic acid groups (broad SMARTS) is 1. The van der Waals surface area contributed by atoms with Crippen molar-refractivity contribution in [1.82, 2.24) is 14.7 Å². The number of aliphatic carboxylic acids is 1. The Kier molecular flexibility index (Phi) is 5.25. The molecule has 7 nitrogen and oxygen atoms in total. The highest BCUT2D eigenvalue weighted by atomic mass is 16.4. The Morgan fingerprint density at radius 3 is 2.64 bits per heavy atom. The number of nitrogens with zero attached hydrogens (tertiary/aromatic N) is 2. The van der Waals surface area contributed by atoms with E-state index in [1.165, 1.54) is 10.6 Å². The number of aromatic nitrogens is 2. The second-order valence-corrected chi connectivity index (χ2v) is 7.37. The normalized spacial score (nSPS) is 12.8. The van der Waals surface area contributed by atoms with E-state index in [2.05, 4.69) is 10.3 Å². The van der Waals surface area contributed by atoms with Gasteiger partial charge in [-0.3, -0.25) is 14.0 Å². The molecule has 2 rings (SSSR count). The molecule has 0 aliphatic carbocycles. The predicted octanol–water partition coefficient (Wildman–Crippen LogP) is 2.01. The van der Waals surface area contributed by atoms with E-state index in [1.54, 1.807) is 18.3 Å². The molecular formula is C18H23N3O4. The van der Waals surface area contributed by atoms with Crippen LogP contribution in [0, 0.1) is 12.3 Å². The first-order valence-electron chi connectivity index (χ1n) is 8.10. The topological polar surface area (TPSA) is 101 Å². The van der Waals surface area contributed by atoms with Gasteiger partial charge < -0.3 is 10.4 Å². The number of hydrogen-bond donors (Lipinski definition) is 2. The zero-order valence-corrected chi connectivity index (χ0v) is 14.9. The molecule has 0 saturated heterocycles. The van der Waals surface area contributed by atoms with E-state index in [9.17, 15) is 19.5 Å². The van der Waals surface area contributed by atoms with Gasteiger partial charge in [0, 0.05) is 12.4 Å². The van der Waals surface area contributed by atoms with Crippen molar-refractivity contribution in [2.24, 2.45) is 5.41 Å². The quantitative estimate of drug-likeness (QED) is 0.863. The summed E-state index contributed by atoms with van der Waals surface area (Å²) in [5.74, 6) is -1.85. The molecule has 2 N–H and O–H groups in total. The third kappa shape index (κ3) is 4.65. The minimum Gasteiger partial charge on any atom is -0.480 e. The molecule has 25 heavy (non-hydrogen) atoms. The van der Waals surface area contributed by atoms with Gasteiger partial charge in [0.1, 0.15) is 17.3 Å². The van der Waals surface area contributed by atoms with Gasteiger partial charge in [0.05, 0.1) is 0 Å². The summed E-state index contributed by atoms with van der Waals surface area (Å²) in [6, 6.07) is 2.41. The average molecular weight is 345 g/mol. The maximum atomic E-state index is 12.5. The molecule has 134 valence electrons. The van der Waals surface area contributed by atoms with Crippen LogP contribution in [-0.2, 0) is 4.79 Å². The fourth-order valence-electron chi connectivity index (χ4n) is 2.40. The third-order valence-electron chi connectivity index (χ3n) is 3.90. The molecule has 0 spiro atoms. The Labute approximate surface area is 145 Å². The number of carbonyl (C=O) groups excluding carboxylic acids is 1. The van der Waals surface area contributed by atoms with E-state index in [-0.39, 0.29) is 17.4 Å². The van der Waals surface area contributed by atoms with Crippen LogP contribution >= 0.6 is 0 Å². The summed E-state index contributed by atoms with van der Waals surface area (Å²) >= 11 is 0. The number of amides is 1. The van der Waals surface area contributed by atoms with Gasteiger partial charge in [-0.25, -0.2) is 9.78 Å². The van der Waals surface area contributed by atoms with Crippen LogP contribution in [0.3, 0.4) is 0 Å². The van der Waals surface area contributed by atoms with Crippen molar-refractivity contribution in [3.63, 3.8) is 0 Å². The minimum atomic E-state index is -1.12. The Bertz CT molecular complexity index is 865. The standard InChI is InChI=1S/C18H23N3O4/c1-11-6-8-21-14(9-11)19-10-12(16(21)23)15(22)20-13(17(24)25)5-7-18(2,3)4/h6,8-10,13H,5,7H2,1-4H3,(H,20,22)(H,24,25). The number of carbonyl (C=O) groups is 2. The van der Waals surface area contributed by atoms with Gasteiger partial charge in [-0.15, -0.1) is 0 Å².